The van der Waals surface area contributed by atoms with Gasteiger partial charge in [-0.05, 0) is 0 Å². The first-order valence-corrected chi connectivity index (χ1v) is 7.67. The molecule has 0 radical (unpaired) electrons. The summed E-state index contributed by atoms with van der Waals surface area (Å²) in [6, 6.07) is 15.6. The summed E-state index contributed by atoms with van der Waals surface area (Å²) in [5.41, 5.74) is 8.47. The monoisotopic (exact) mass is 379 g/mol. The fourth-order valence-electron chi connectivity index (χ4n) is 2.71. The van der Waals surface area contributed by atoms with Gasteiger partial charge >= 0.3 is 124 Å². The molecular weight excluding hydrogens is 366 g/mol. The van der Waals surface area contributed by atoms with Gasteiger partial charge in [-0.1, -0.05) is 0 Å². The third-order valence-corrected chi connectivity index (χ3v) is 5.01. The number of allylic oxidation sites excluding steroid dienone is 1. The molecular formula is C17H15Cl2Zr. The molecule has 0 N–H and O–H groups in total. The van der Waals surface area contributed by atoms with Crippen LogP contribution in [0, 0.1) is 13.8 Å². The Balaban J connectivity index is 0.000001000. The molecule has 101 valence electrons. The summed E-state index contributed by atoms with van der Waals surface area (Å²) < 4.78 is 0.592. The molecule has 0 bridgehead atoms. The molecule has 1 aliphatic rings. The van der Waals surface area contributed by atoms with Gasteiger partial charge in [0.15, 0.2) is 0 Å². The van der Waals surface area contributed by atoms with E-state index in [1.54, 1.807) is 24.7 Å². The van der Waals surface area contributed by atoms with E-state index in [0.29, 0.717) is 3.63 Å². The van der Waals surface area contributed by atoms with Crippen molar-refractivity contribution in [2.75, 3.05) is 0 Å². The van der Waals surface area contributed by atoms with Crippen LogP contribution in [0.5, 0.6) is 0 Å². The zero-order valence-corrected chi connectivity index (χ0v) is 15.4. The molecule has 1 atom stereocenters. The van der Waals surface area contributed by atoms with Gasteiger partial charge in [0.2, 0.25) is 0 Å². The van der Waals surface area contributed by atoms with Crippen LogP contribution >= 0.6 is 0 Å². The largest absolute Gasteiger partial charge is 1.00 e. The fraction of sp³-hybridized carbons (Fsp3) is 0.176. The van der Waals surface area contributed by atoms with Gasteiger partial charge in [0, 0.05) is 0 Å². The van der Waals surface area contributed by atoms with Crippen LogP contribution in [-0.2, 0) is 24.7 Å². The molecule has 0 heterocycles. The maximum Gasteiger partial charge on any atom is -1.00 e. The van der Waals surface area contributed by atoms with Crippen LogP contribution in [0.15, 0.2) is 42.5 Å². The Kier molecular flexibility index (Phi) is 6.26. The minimum atomic E-state index is 0. The molecule has 0 amide bonds. The second-order valence-corrected chi connectivity index (χ2v) is 6.46. The second kappa shape index (κ2) is 7.07. The van der Waals surface area contributed by atoms with E-state index in [9.17, 15) is 0 Å². The number of halogens is 2. The van der Waals surface area contributed by atoms with Crippen molar-refractivity contribution in [3.05, 3.63) is 70.3 Å². The summed E-state index contributed by atoms with van der Waals surface area (Å²) in [7, 11) is 0. The SMILES string of the molecule is Cc1cc(C)cc(C2=Cc3ccccc3[CH]2[Zr+2])c1.[Cl-].[Cl-]. The van der Waals surface area contributed by atoms with Gasteiger partial charge in [0.1, 0.15) is 0 Å². The first-order chi connectivity index (χ1) is 8.65. The Bertz CT molecular complexity index is 627. The Morgan fingerprint density at radius 2 is 1.50 bits per heavy atom. The van der Waals surface area contributed by atoms with Crippen LogP contribution in [0.25, 0.3) is 11.6 Å². The number of fused-ring (bicyclic) bond motifs is 1. The first-order valence-electron chi connectivity index (χ1n) is 6.25. The molecule has 0 fully saturated rings. The van der Waals surface area contributed by atoms with Crippen molar-refractivity contribution in [3.63, 3.8) is 0 Å². The maximum atomic E-state index is 2.36. The second-order valence-electron chi connectivity index (χ2n) is 5.04. The van der Waals surface area contributed by atoms with Crippen LogP contribution in [0.2, 0.25) is 0 Å². The number of aryl methyl sites for hydroxylation is 2. The smallest absolute Gasteiger partial charge is 1.00 e. The van der Waals surface area contributed by atoms with Gasteiger partial charge < -0.3 is 24.8 Å². The van der Waals surface area contributed by atoms with Crippen molar-refractivity contribution in [1.82, 2.24) is 0 Å². The molecule has 0 spiro atoms. The van der Waals surface area contributed by atoms with Crippen LogP contribution in [-0.4, -0.2) is 0 Å². The fourth-order valence-corrected chi connectivity index (χ4v) is 3.98. The van der Waals surface area contributed by atoms with Gasteiger partial charge in [-0.3, -0.25) is 0 Å². The van der Waals surface area contributed by atoms with Crippen molar-refractivity contribution in [2.24, 2.45) is 0 Å². The Morgan fingerprint density at radius 3 is 2.10 bits per heavy atom. The van der Waals surface area contributed by atoms with Crippen LogP contribution < -0.4 is 24.8 Å². The normalized spacial score (nSPS) is 15.8. The Hall–Kier alpha value is -0.357. The Labute approximate surface area is 148 Å². The number of hydrogen-bond donors (Lipinski definition) is 0. The topological polar surface area (TPSA) is 0 Å². The van der Waals surface area contributed by atoms with Crippen molar-refractivity contribution in [2.45, 2.75) is 17.5 Å². The first kappa shape index (κ1) is 17.7. The molecule has 20 heavy (non-hydrogen) atoms. The summed E-state index contributed by atoms with van der Waals surface area (Å²) in [6.07, 6.45) is 2.36. The van der Waals surface area contributed by atoms with E-state index < -0.39 is 0 Å². The Morgan fingerprint density at radius 1 is 0.900 bits per heavy atom. The number of rotatable bonds is 1. The number of hydrogen-bond acceptors (Lipinski definition) is 0. The standard InChI is InChI=1S/C17H15.2ClH.Zr/c1-12-7-13(2)9-16(8-12)17-10-14-5-3-4-6-15(14)11-17;;;/h3-11H,1-2H3;2*1H;/q;;;+2/p-2. The van der Waals surface area contributed by atoms with E-state index in [1.165, 1.54) is 33.4 Å². The van der Waals surface area contributed by atoms with Crippen LogP contribution in [0.3, 0.4) is 0 Å². The summed E-state index contributed by atoms with van der Waals surface area (Å²) in [5.74, 6) is 0. The predicted octanol–water partition coefficient (Wildman–Crippen LogP) is -1.55. The molecule has 0 saturated heterocycles. The third kappa shape index (κ3) is 3.27. The van der Waals surface area contributed by atoms with E-state index >= 15 is 0 Å². The molecule has 1 aliphatic carbocycles. The van der Waals surface area contributed by atoms with Crippen molar-refractivity contribution in [3.8, 4) is 0 Å². The molecule has 0 nitrogen and oxygen atoms in total. The van der Waals surface area contributed by atoms with Gasteiger partial charge in [0.05, 0.1) is 0 Å². The van der Waals surface area contributed by atoms with E-state index in [1.807, 2.05) is 0 Å². The molecule has 0 aliphatic heterocycles. The van der Waals surface area contributed by atoms with Crippen molar-refractivity contribution < 1.29 is 49.5 Å². The molecule has 0 aromatic heterocycles. The zero-order chi connectivity index (χ0) is 12.7. The van der Waals surface area contributed by atoms with Crippen molar-refractivity contribution in [1.29, 1.82) is 0 Å². The van der Waals surface area contributed by atoms with Gasteiger partial charge in [-0.2, -0.15) is 0 Å². The minimum Gasteiger partial charge on any atom is -1.00 e. The van der Waals surface area contributed by atoms with Crippen LogP contribution in [0.1, 0.15) is 31.4 Å². The molecule has 3 heteroatoms. The zero-order valence-electron chi connectivity index (χ0n) is 11.5. The quantitative estimate of drug-likeness (QED) is 0.562. The molecule has 0 saturated carbocycles. The average molecular weight is 381 g/mol. The average Bonchev–Trinajstić information content (AvgIpc) is 2.66. The van der Waals surface area contributed by atoms with E-state index in [-0.39, 0.29) is 24.8 Å². The summed E-state index contributed by atoms with van der Waals surface area (Å²) in [5, 5.41) is 0. The van der Waals surface area contributed by atoms with Gasteiger partial charge in [-0.25, -0.2) is 0 Å². The third-order valence-electron chi connectivity index (χ3n) is 3.48. The summed E-state index contributed by atoms with van der Waals surface area (Å²) in [6.45, 7) is 4.36. The summed E-state index contributed by atoms with van der Waals surface area (Å²) in [4.78, 5) is 0. The van der Waals surface area contributed by atoms with Gasteiger partial charge in [0.25, 0.3) is 0 Å². The molecule has 2 aromatic rings. The van der Waals surface area contributed by atoms with E-state index in [2.05, 4.69) is 62.4 Å². The molecule has 2 aromatic carbocycles. The summed E-state index contributed by atoms with van der Waals surface area (Å²) >= 11 is 1.57. The maximum absolute atomic E-state index is 2.36. The number of benzene rings is 2. The van der Waals surface area contributed by atoms with E-state index in [4.69, 9.17) is 0 Å². The molecule has 3 rings (SSSR count). The molecule has 1 unspecified atom stereocenters. The van der Waals surface area contributed by atoms with Crippen molar-refractivity contribution >= 4 is 11.6 Å². The minimum absolute atomic E-state index is 0. The predicted molar refractivity (Wildman–Crippen MR) is 73.0 cm³/mol. The van der Waals surface area contributed by atoms with E-state index in [0.717, 1.165) is 0 Å². The van der Waals surface area contributed by atoms with Crippen LogP contribution in [0.4, 0.5) is 0 Å². The van der Waals surface area contributed by atoms with Gasteiger partial charge in [-0.15, -0.1) is 0 Å².